The zero-order chi connectivity index (χ0) is 7.28. The van der Waals surface area contributed by atoms with Gasteiger partial charge < -0.3 is 0 Å². The summed E-state index contributed by atoms with van der Waals surface area (Å²) in [4.78, 5) is 10.6. The molecule has 1 nitrogen and oxygen atoms in total. The minimum absolute atomic E-state index is 0.0798. The van der Waals surface area contributed by atoms with E-state index in [4.69, 9.17) is 0 Å². The number of allylic oxidation sites excluding steroid dienone is 3. The van der Waals surface area contributed by atoms with Crippen LogP contribution in [0.2, 0.25) is 0 Å². The Hall–Kier alpha value is -0.850. The fourth-order valence-electron chi connectivity index (χ4n) is 0.388. The number of hydrogen-bond acceptors (Lipinski definition) is 1. The predicted molar refractivity (Wildman–Crippen MR) is 39.3 cm³/mol. The third-order valence-electron chi connectivity index (χ3n) is 0.939. The molecule has 0 aliphatic heterocycles. The van der Waals surface area contributed by atoms with Crippen molar-refractivity contribution < 1.29 is 4.79 Å². The lowest BCUT2D eigenvalue weighted by molar-refractivity contribution is -0.113. The van der Waals surface area contributed by atoms with Crippen LogP contribution in [0.4, 0.5) is 0 Å². The van der Waals surface area contributed by atoms with Crippen LogP contribution in [0.5, 0.6) is 0 Å². The molecule has 50 valence electrons. The summed E-state index contributed by atoms with van der Waals surface area (Å²) in [6, 6.07) is 0. The Kier molecular flexibility index (Phi) is 3.69. The molecule has 0 unspecified atom stereocenters. The molecule has 0 aliphatic carbocycles. The molecule has 0 bridgehead atoms. The fraction of sp³-hybridized carbons (Fsp3) is 0.375. The highest BCUT2D eigenvalue weighted by Crippen LogP contribution is 1.93. The molecule has 0 aromatic carbocycles. The van der Waals surface area contributed by atoms with E-state index < -0.39 is 0 Å². The second-order valence-electron chi connectivity index (χ2n) is 2.16. The number of carbonyl (C=O) groups is 1. The van der Waals surface area contributed by atoms with Crippen molar-refractivity contribution in [1.29, 1.82) is 0 Å². The summed E-state index contributed by atoms with van der Waals surface area (Å²) in [5.41, 5.74) is 1.17. The highest BCUT2D eigenvalue weighted by molar-refractivity contribution is 5.90. The monoisotopic (exact) mass is 124 g/mol. The standard InChI is InChI=1S/C8H12O/c1-4-8(9)6-5-7(2)3/h4-5H,1,6H2,2-3H3. The van der Waals surface area contributed by atoms with Gasteiger partial charge in [-0.05, 0) is 19.9 Å². The van der Waals surface area contributed by atoms with Gasteiger partial charge in [-0.25, -0.2) is 0 Å². The number of carbonyl (C=O) groups excluding carboxylic acids is 1. The molecule has 0 fully saturated rings. The van der Waals surface area contributed by atoms with E-state index in [1.54, 1.807) is 0 Å². The molecule has 0 aliphatic rings. The zero-order valence-electron chi connectivity index (χ0n) is 5.98. The van der Waals surface area contributed by atoms with Gasteiger partial charge in [-0.1, -0.05) is 18.2 Å². The van der Waals surface area contributed by atoms with Crippen molar-refractivity contribution in [3.63, 3.8) is 0 Å². The molecule has 0 rings (SSSR count). The average Bonchev–Trinajstić information content (AvgIpc) is 1.83. The van der Waals surface area contributed by atoms with Crippen molar-refractivity contribution in [1.82, 2.24) is 0 Å². The normalized spacial score (nSPS) is 8.22. The maximum absolute atomic E-state index is 10.6. The van der Waals surface area contributed by atoms with Crippen LogP contribution >= 0.6 is 0 Å². The van der Waals surface area contributed by atoms with Crippen LogP contribution in [0.1, 0.15) is 20.3 Å². The molecule has 1 heteroatoms. The van der Waals surface area contributed by atoms with Gasteiger partial charge in [0.25, 0.3) is 0 Å². The van der Waals surface area contributed by atoms with Gasteiger partial charge in [0.05, 0.1) is 0 Å². The van der Waals surface area contributed by atoms with Crippen LogP contribution < -0.4 is 0 Å². The van der Waals surface area contributed by atoms with Crippen molar-refractivity contribution in [2.75, 3.05) is 0 Å². The molecular formula is C8H12O. The number of ketones is 1. The Morgan fingerprint density at radius 2 is 2.11 bits per heavy atom. The van der Waals surface area contributed by atoms with Gasteiger partial charge in [0.2, 0.25) is 0 Å². The lowest BCUT2D eigenvalue weighted by atomic mass is 10.2. The van der Waals surface area contributed by atoms with Gasteiger partial charge in [-0.2, -0.15) is 0 Å². The van der Waals surface area contributed by atoms with Gasteiger partial charge in [0.1, 0.15) is 0 Å². The SMILES string of the molecule is C=CC(=O)CC=C(C)C. The molecule has 9 heavy (non-hydrogen) atoms. The quantitative estimate of drug-likeness (QED) is 0.416. The molecule has 0 spiro atoms. The summed E-state index contributed by atoms with van der Waals surface area (Å²) in [5, 5.41) is 0. The largest absolute Gasteiger partial charge is 0.295 e. The molecule has 0 aromatic rings. The highest BCUT2D eigenvalue weighted by atomic mass is 16.1. The molecule has 0 amide bonds. The van der Waals surface area contributed by atoms with Crippen molar-refractivity contribution in [2.45, 2.75) is 20.3 Å². The Labute approximate surface area is 56.1 Å². The first-order chi connectivity index (χ1) is 4.16. The fourth-order valence-corrected chi connectivity index (χ4v) is 0.388. The molecule has 0 aromatic heterocycles. The summed E-state index contributed by atoms with van der Waals surface area (Å²) in [5.74, 6) is 0.0798. The molecule has 0 heterocycles. The van der Waals surface area contributed by atoms with Gasteiger partial charge in [-0.15, -0.1) is 0 Å². The Morgan fingerprint density at radius 1 is 1.56 bits per heavy atom. The number of hydrogen-bond donors (Lipinski definition) is 0. The van der Waals surface area contributed by atoms with E-state index in [0.717, 1.165) is 0 Å². The molecular weight excluding hydrogens is 112 g/mol. The van der Waals surface area contributed by atoms with E-state index in [9.17, 15) is 4.79 Å². The molecule has 0 radical (unpaired) electrons. The van der Waals surface area contributed by atoms with Crippen LogP contribution in [-0.2, 0) is 4.79 Å². The van der Waals surface area contributed by atoms with Crippen molar-refractivity contribution in [3.05, 3.63) is 24.3 Å². The molecule has 0 saturated heterocycles. The minimum Gasteiger partial charge on any atom is -0.295 e. The van der Waals surface area contributed by atoms with Gasteiger partial charge in [0, 0.05) is 6.42 Å². The zero-order valence-corrected chi connectivity index (χ0v) is 5.98. The summed E-state index contributed by atoms with van der Waals surface area (Å²) in [6.45, 7) is 7.30. The van der Waals surface area contributed by atoms with Crippen LogP contribution in [0.25, 0.3) is 0 Å². The topological polar surface area (TPSA) is 17.1 Å². The van der Waals surface area contributed by atoms with E-state index in [1.807, 2.05) is 19.9 Å². The van der Waals surface area contributed by atoms with E-state index in [-0.39, 0.29) is 5.78 Å². The lowest BCUT2D eigenvalue weighted by Gasteiger charge is -1.86. The number of rotatable bonds is 3. The maximum Gasteiger partial charge on any atom is 0.158 e. The van der Waals surface area contributed by atoms with Gasteiger partial charge >= 0.3 is 0 Å². The molecule has 0 N–H and O–H groups in total. The summed E-state index contributed by atoms with van der Waals surface area (Å²) >= 11 is 0. The van der Waals surface area contributed by atoms with Crippen LogP contribution in [0, 0.1) is 0 Å². The van der Waals surface area contributed by atoms with Gasteiger partial charge in [-0.3, -0.25) is 4.79 Å². The third-order valence-corrected chi connectivity index (χ3v) is 0.939. The Morgan fingerprint density at radius 3 is 2.44 bits per heavy atom. The predicted octanol–water partition coefficient (Wildman–Crippen LogP) is 2.10. The van der Waals surface area contributed by atoms with E-state index in [1.165, 1.54) is 11.6 Å². The Bertz CT molecular complexity index is 139. The van der Waals surface area contributed by atoms with E-state index in [0.29, 0.717) is 6.42 Å². The smallest absolute Gasteiger partial charge is 0.158 e. The second kappa shape index (κ2) is 4.07. The molecule has 0 saturated carbocycles. The second-order valence-corrected chi connectivity index (χ2v) is 2.16. The maximum atomic E-state index is 10.6. The van der Waals surface area contributed by atoms with E-state index >= 15 is 0 Å². The summed E-state index contributed by atoms with van der Waals surface area (Å²) in [7, 11) is 0. The van der Waals surface area contributed by atoms with Crippen molar-refractivity contribution in [2.24, 2.45) is 0 Å². The highest BCUT2D eigenvalue weighted by Gasteiger charge is 1.88. The first kappa shape index (κ1) is 8.15. The Balaban J connectivity index is 3.63. The van der Waals surface area contributed by atoms with Gasteiger partial charge in [0.15, 0.2) is 5.78 Å². The lowest BCUT2D eigenvalue weighted by Crippen LogP contribution is -1.87. The van der Waals surface area contributed by atoms with Crippen LogP contribution in [0.3, 0.4) is 0 Å². The van der Waals surface area contributed by atoms with Crippen molar-refractivity contribution >= 4 is 5.78 Å². The first-order valence-corrected chi connectivity index (χ1v) is 2.95. The summed E-state index contributed by atoms with van der Waals surface area (Å²) in [6.07, 6.45) is 3.73. The first-order valence-electron chi connectivity index (χ1n) is 2.95. The average molecular weight is 124 g/mol. The molecule has 0 atom stereocenters. The minimum atomic E-state index is 0.0798. The van der Waals surface area contributed by atoms with Crippen molar-refractivity contribution in [3.8, 4) is 0 Å². The summed E-state index contributed by atoms with van der Waals surface area (Å²) < 4.78 is 0. The van der Waals surface area contributed by atoms with Crippen LogP contribution in [0.15, 0.2) is 24.3 Å². The third kappa shape index (κ3) is 5.01. The van der Waals surface area contributed by atoms with Crippen LogP contribution in [-0.4, -0.2) is 5.78 Å². The van der Waals surface area contributed by atoms with E-state index in [2.05, 4.69) is 6.58 Å².